The maximum atomic E-state index is 5.96. The van der Waals surface area contributed by atoms with Crippen LogP contribution in [0.2, 0.25) is 5.02 Å². The lowest BCUT2D eigenvalue weighted by molar-refractivity contribution is 0.226. The molecular weight excluding hydrogens is 254 g/mol. The highest BCUT2D eigenvalue weighted by atomic mass is 35.5. The average molecular weight is 282 g/mol. The van der Waals surface area contributed by atoms with Gasteiger partial charge in [0, 0.05) is 17.6 Å². The van der Waals surface area contributed by atoms with E-state index in [0.29, 0.717) is 17.4 Å². The zero-order valence-corrected chi connectivity index (χ0v) is 13.7. The van der Waals surface area contributed by atoms with Gasteiger partial charge in [0.05, 0.1) is 0 Å². The zero-order valence-electron chi connectivity index (χ0n) is 13.0. The van der Waals surface area contributed by atoms with Crippen molar-refractivity contribution in [1.82, 2.24) is 5.32 Å². The quantitative estimate of drug-likeness (QED) is 0.700. The van der Waals surface area contributed by atoms with Crippen molar-refractivity contribution >= 4 is 11.6 Å². The molecule has 1 nitrogen and oxygen atoms in total. The van der Waals surface area contributed by atoms with Crippen LogP contribution in [0.1, 0.15) is 59.1 Å². The molecule has 1 unspecified atom stereocenters. The molecule has 0 saturated heterocycles. The van der Waals surface area contributed by atoms with Gasteiger partial charge in [0.2, 0.25) is 0 Å². The second-order valence-electron chi connectivity index (χ2n) is 6.42. The van der Waals surface area contributed by atoms with Gasteiger partial charge in [-0.3, -0.25) is 0 Å². The summed E-state index contributed by atoms with van der Waals surface area (Å²) in [6, 6.07) is 8.67. The molecule has 0 aliphatic heterocycles. The van der Waals surface area contributed by atoms with E-state index in [2.05, 4.69) is 52.1 Å². The summed E-state index contributed by atoms with van der Waals surface area (Å²) in [5.74, 6) is 0.674. The molecule has 0 saturated carbocycles. The molecule has 0 spiro atoms. The second kappa shape index (κ2) is 7.31. The van der Waals surface area contributed by atoms with E-state index >= 15 is 0 Å². The first-order chi connectivity index (χ1) is 8.86. The number of rotatable bonds is 7. The molecule has 1 rings (SSSR count). The Labute approximate surface area is 123 Å². The predicted molar refractivity (Wildman–Crippen MR) is 85.7 cm³/mol. The van der Waals surface area contributed by atoms with Crippen molar-refractivity contribution in [3.05, 3.63) is 34.9 Å². The van der Waals surface area contributed by atoms with Crippen LogP contribution in [-0.2, 0) is 0 Å². The van der Waals surface area contributed by atoms with E-state index < -0.39 is 0 Å². The Hall–Kier alpha value is -0.530. The van der Waals surface area contributed by atoms with Gasteiger partial charge in [-0.25, -0.2) is 0 Å². The molecule has 0 aliphatic carbocycles. The van der Waals surface area contributed by atoms with Crippen molar-refractivity contribution in [2.75, 3.05) is 6.54 Å². The number of benzene rings is 1. The minimum Gasteiger partial charge on any atom is -0.309 e. The summed E-state index contributed by atoms with van der Waals surface area (Å²) < 4.78 is 0. The Morgan fingerprint density at radius 3 is 2.21 bits per heavy atom. The van der Waals surface area contributed by atoms with Crippen LogP contribution in [0.25, 0.3) is 0 Å². The maximum absolute atomic E-state index is 5.96. The highest BCUT2D eigenvalue weighted by Crippen LogP contribution is 2.27. The van der Waals surface area contributed by atoms with E-state index in [1.165, 1.54) is 12.0 Å². The molecule has 0 heterocycles. The minimum atomic E-state index is 0.318. The molecule has 1 aromatic rings. The van der Waals surface area contributed by atoms with Gasteiger partial charge >= 0.3 is 0 Å². The minimum absolute atomic E-state index is 0.318. The molecule has 0 amide bonds. The summed E-state index contributed by atoms with van der Waals surface area (Å²) in [7, 11) is 0. The van der Waals surface area contributed by atoms with Crippen molar-refractivity contribution in [3.63, 3.8) is 0 Å². The van der Waals surface area contributed by atoms with Crippen LogP contribution in [0.5, 0.6) is 0 Å². The normalized spacial score (nSPS) is 13.8. The van der Waals surface area contributed by atoms with Crippen LogP contribution in [0.4, 0.5) is 0 Å². The molecule has 0 bridgehead atoms. The molecule has 2 heteroatoms. The predicted octanol–water partition coefficient (Wildman–Crippen LogP) is 5.45. The van der Waals surface area contributed by atoms with E-state index in [9.17, 15) is 0 Å². The second-order valence-corrected chi connectivity index (χ2v) is 6.85. The van der Waals surface area contributed by atoms with Crippen molar-refractivity contribution in [1.29, 1.82) is 0 Å². The van der Waals surface area contributed by atoms with Crippen LogP contribution in [0.15, 0.2) is 24.3 Å². The molecule has 0 radical (unpaired) electrons. The number of hydrogen-bond acceptors (Lipinski definition) is 1. The fourth-order valence-corrected chi connectivity index (χ4v) is 2.09. The van der Waals surface area contributed by atoms with Crippen LogP contribution in [-0.4, -0.2) is 6.54 Å². The number of nitrogens with one attached hydrogen (secondary N) is 1. The van der Waals surface area contributed by atoms with Crippen LogP contribution in [0.3, 0.4) is 0 Å². The topological polar surface area (TPSA) is 12.0 Å². The third-order valence-corrected chi connectivity index (χ3v) is 4.47. The highest BCUT2D eigenvalue weighted by molar-refractivity contribution is 6.30. The lowest BCUT2D eigenvalue weighted by Gasteiger charge is -2.32. The van der Waals surface area contributed by atoms with Crippen LogP contribution < -0.4 is 5.32 Å². The van der Waals surface area contributed by atoms with E-state index in [-0.39, 0.29) is 0 Å². The summed E-state index contributed by atoms with van der Waals surface area (Å²) in [4.78, 5) is 0. The smallest absolute Gasteiger partial charge is 0.0406 e. The first-order valence-corrected chi connectivity index (χ1v) is 7.73. The molecule has 19 heavy (non-hydrogen) atoms. The van der Waals surface area contributed by atoms with Gasteiger partial charge in [0.1, 0.15) is 0 Å². The third kappa shape index (κ3) is 5.16. The molecule has 1 atom stereocenters. The number of halogens is 1. The Bertz CT molecular complexity index is 367. The van der Waals surface area contributed by atoms with Crippen molar-refractivity contribution in [3.8, 4) is 0 Å². The summed E-state index contributed by atoms with van der Waals surface area (Å²) in [6.07, 6.45) is 2.35. The SMILES string of the molecule is CCCC(NCC(C)(C)C(C)C)c1ccc(Cl)cc1. The van der Waals surface area contributed by atoms with Gasteiger partial charge in [-0.1, -0.05) is 64.8 Å². The van der Waals surface area contributed by atoms with Crippen molar-refractivity contribution in [2.45, 2.75) is 53.5 Å². The molecule has 1 N–H and O–H groups in total. The Morgan fingerprint density at radius 1 is 1.16 bits per heavy atom. The van der Waals surface area contributed by atoms with E-state index in [4.69, 9.17) is 11.6 Å². The summed E-state index contributed by atoms with van der Waals surface area (Å²) in [6.45, 7) is 12.5. The summed E-state index contributed by atoms with van der Waals surface area (Å²) in [5.41, 5.74) is 1.66. The van der Waals surface area contributed by atoms with Gasteiger partial charge in [0.15, 0.2) is 0 Å². The Kier molecular flexibility index (Phi) is 6.35. The zero-order chi connectivity index (χ0) is 14.5. The molecule has 1 aromatic carbocycles. The van der Waals surface area contributed by atoms with Gasteiger partial charge in [-0.15, -0.1) is 0 Å². The number of hydrogen-bond donors (Lipinski definition) is 1. The lowest BCUT2D eigenvalue weighted by Crippen LogP contribution is -2.35. The summed E-state index contributed by atoms with van der Waals surface area (Å²) in [5, 5.41) is 4.54. The van der Waals surface area contributed by atoms with Crippen molar-refractivity contribution in [2.24, 2.45) is 11.3 Å². The van der Waals surface area contributed by atoms with Crippen LogP contribution >= 0.6 is 11.6 Å². The molecule has 0 aromatic heterocycles. The van der Waals surface area contributed by atoms with E-state index in [0.717, 1.165) is 18.0 Å². The van der Waals surface area contributed by atoms with Gasteiger partial charge in [-0.05, 0) is 35.4 Å². The Balaban J connectivity index is 2.71. The highest BCUT2D eigenvalue weighted by Gasteiger charge is 2.23. The molecule has 0 fully saturated rings. The fourth-order valence-electron chi connectivity index (χ4n) is 1.96. The van der Waals surface area contributed by atoms with Crippen LogP contribution in [0, 0.1) is 11.3 Å². The largest absolute Gasteiger partial charge is 0.309 e. The average Bonchev–Trinajstić information content (AvgIpc) is 2.35. The fraction of sp³-hybridized carbons (Fsp3) is 0.647. The van der Waals surface area contributed by atoms with Gasteiger partial charge < -0.3 is 5.32 Å². The standard InChI is InChI=1S/C17H28ClN/c1-6-7-16(14-8-10-15(18)11-9-14)19-12-17(4,5)13(2)3/h8-11,13,16,19H,6-7,12H2,1-5H3. The van der Waals surface area contributed by atoms with Gasteiger partial charge in [-0.2, -0.15) is 0 Å². The monoisotopic (exact) mass is 281 g/mol. The lowest BCUT2D eigenvalue weighted by atomic mass is 9.81. The van der Waals surface area contributed by atoms with E-state index in [1.807, 2.05) is 12.1 Å². The van der Waals surface area contributed by atoms with Crippen molar-refractivity contribution < 1.29 is 0 Å². The first kappa shape index (κ1) is 16.5. The Morgan fingerprint density at radius 2 is 1.74 bits per heavy atom. The third-order valence-electron chi connectivity index (χ3n) is 4.22. The summed E-state index contributed by atoms with van der Waals surface area (Å²) >= 11 is 5.96. The maximum Gasteiger partial charge on any atom is 0.0406 e. The molecule has 108 valence electrons. The molecular formula is C17H28ClN. The molecule has 0 aliphatic rings. The first-order valence-electron chi connectivity index (χ1n) is 7.35. The van der Waals surface area contributed by atoms with E-state index in [1.54, 1.807) is 0 Å². The van der Waals surface area contributed by atoms with Gasteiger partial charge in [0.25, 0.3) is 0 Å².